The van der Waals surface area contributed by atoms with Crippen LogP contribution in [0.4, 0.5) is 18.0 Å². The Bertz CT molecular complexity index is 782. The quantitative estimate of drug-likeness (QED) is 0.209. The molecular formula is C26H42F3NO6. The number of aryl methyl sites for hydroxylation is 1. The van der Waals surface area contributed by atoms with Crippen LogP contribution in [0.15, 0.2) is 18.2 Å². The van der Waals surface area contributed by atoms with Crippen molar-refractivity contribution < 1.29 is 42.0 Å². The normalized spacial score (nSPS) is 13.8. The van der Waals surface area contributed by atoms with E-state index in [0.717, 1.165) is 31.7 Å². The Morgan fingerprint density at radius 3 is 2.36 bits per heavy atom. The number of nitrogens with one attached hydrogen (secondary N) is 1. The van der Waals surface area contributed by atoms with Gasteiger partial charge in [0.1, 0.15) is 18.1 Å². The van der Waals surface area contributed by atoms with Crippen molar-refractivity contribution in [2.45, 2.75) is 90.0 Å². The van der Waals surface area contributed by atoms with Gasteiger partial charge in [0.2, 0.25) is 0 Å². The maximum atomic E-state index is 13.8. The fourth-order valence-electron chi connectivity index (χ4n) is 3.53. The molecule has 1 aromatic carbocycles. The van der Waals surface area contributed by atoms with Crippen molar-refractivity contribution in [2.75, 3.05) is 33.7 Å². The highest BCUT2D eigenvalue weighted by molar-refractivity contribution is 5.68. The van der Waals surface area contributed by atoms with Crippen LogP contribution in [0.5, 0.6) is 5.75 Å². The van der Waals surface area contributed by atoms with E-state index in [4.69, 9.17) is 18.9 Å². The number of aliphatic hydroxyl groups excluding tert-OH is 1. The lowest BCUT2D eigenvalue weighted by Crippen LogP contribution is -2.56. The van der Waals surface area contributed by atoms with Crippen LogP contribution in [0.3, 0.4) is 0 Å². The molecule has 0 saturated heterocycles. The molecular weight excluding hydrogens is 479 g/mol. The van der Waals surface area contributed by atoms with E-state index < -0.39 is 35.6 Å². The number of aliphatic hydroxyl groups is 1. The van der Waals surface area contributed by atoms with Crippen molar-refractivity contribution in [1.29, 1.82) is 0 Å². The van der Waals surface area contributed by atoms with Crippen molar-refractivity contribution in [2.24, 2.45) is 0 Å². The Morgan fingerprint density at radius 1 is 1.08 bits per heavy atom. The standard InChI is InChI=1S/C26H42F3NO6/c1-6-7-8-9-10-15-35-22-12-11-20(16-21(22)26(27,28)29)13-14-25(17-31,18-34-19-33-5)30-23(32)36-24(2,3)4/h11-12,16,31H,6-10,13-15,17-19H2,1-5H3,(H,30,32). The maximum absolute atomic E-state index is 13.8. The largest absolute Gasteiger partial charge is 0.493 e. The van der Waals surface area contributed by atoms with E-state index in [1.807, 2.05) is 0 Å². The lowest BCUT2D eigenvalue weighted by Gasteiger charge is -2.33. The second-order valence-electron chi connectivity index (χ2n) is 9.91. The molecule has 1 atom stereocenters. The van der Waals surface area contributed by atoms with Gasteiger partial charge in [-0.1, -0.05) is 38.7 Å². The van der Waals surface area contributed by atoms with Crippen LogP contribution in [0.1, 0.15) is 77.3 Å². The molecule has 1 amide bonds. The van der Waals surface area contributed by atoms with E-state index in [1.165, 1.54) is 13.2 Å². The number of hydrogen-bond donors (Lipinski definition) is 2. The smallest absolute Gasteiger partial charge is 0.419 e. The predicted molar refractivity (Wildman–Crippen MR) is 131 cm³/mol. The first-order valence-corrected chi connectivity index (χ1v) is 12.4. The van der Waals surface area contributed by atoms with Crippen molar-refractivity contribution in [3.05, 3.63) is 29.3 Å². The number of ether oxygens (including phenoxy) is 4. The molecule has 1 unspecified atom stereocenters. The number of alkyl halides is 3. The molecule has 208 valence electrons. The number of methoxy groups -OCH3 is 1. The van der Waals surface area contributed by atoms with E-state index in [2.05, 4.69) is 12.2 Å². The van der Waals surface area contributed by atoms with Crippen molar-refractivity contribution in [1.82, 2.24) is 5.32 Å². The summed E-state index contributed by atoms with van der Waals surface area (Å²) in [4.78, 5) is 12.4. The number of hydrogen-bond acceptors (Lipinski definition) is 6. The Labute approximate surface area is 212 Å². The molecule has 7 nitrogen and oxygen atoms in total. The molecule has 0 heterocycles. The first-order chi connectivity index (χ1) is 16.9. The molecule has 2 N–H and O–H groups in total. The number of amides is 1. The third kappa shape index (κ3) is 12.3. The maximum Gasteiger partial charge on any atom is 0.419 e. The summed E-state index contributed by atoms with van der Waals surface area (Å²) in [6.45, 7) is 6.69. The zero-order valence-corrected chi connectivity index (χ0v) is 22.1. The van der Waals surface area contributed by atoms with Gasteiger partial charge in [0, 0.05) is 7.11 Å². The highest BCUT2D eigenvalue weighted by Gasteiger charge is 2.36. The molecule has 0 saturated carbocycles. The molecule has 0 aliphatic carbocycles. The summed E-state index contributed by atoms with van der Waals surface area (Å²) in [5, 5.41) is 12.7. The fourth-order valence-corrected chi connectivity index (χ4v) is 3.53. The fraction of sp³-hybridized carbons (Fsp3) is 0.731. The summed E-state index contributed by atoms with van der Waals surface area (Å²) in [6.07, 6.45) is -0.310. The third-order valence-electron chi connectivity index (χ3n) is 5.40. The van der Waals surface area contributed by atoms with Crippen LogP contribution in [-0.2, 0) is 26.8 Å². The number of carbonyl (C=O) groups is 1. The molecule has 10 heteroatoms. The molecule has 0 fully saturated rings. The van der Waals surface area contributed by atoms with Gasteiger partial charge < -0.3 is 29.4 Å². The molecule has 0 aromatic heterocycles. The van der Waals surface area contributed by atoms with Crippen molar-refractivity contribution in [3.63, 3.8) is 0 Å². The van der Waals surface area contributed by atoms with Gasteiger partial charge in [0.25, 0.3) is 0 Å². The summed E-state index contributed by atoms with van der Waals surface area (Å²) in [6, 6.07) is 3.94. The average Bonchev–Trinajstić information content (AvgIpc) is 2.78. The van der Waals surface area contributed by atoms with Crippen LogP contribution >= 0.6 is 0 Å². The van der Waals surface area contributed by atoms with Crippen LogP contribution in [0, 0.1) is 0 Å². The van der Waals surface area contributed by atoms with Gasteiger partial charge in [0.05, 0.1) is 30.9 Å². The van der Waals surface area contributed by atoms with E-state index in [9.17, 15) is 23.1 Å². The number of carbonyl (C=O) groups excluding carboxylic acids is 1. The van der Waals surface area contributed by atoms with E-state index in [-0.39, 0.29) is 38.6 Å². The van der Waals surface area contributed by atoms with Gasteiger partial charge in [-0.2, -0.15) is 13.2 Å². The van der Waals surface area contributed by atoms with Gasteiger partial charge in [-0.15, -0.1) is 0 Å². The number of benzene rings is 1. The Hall–Kier alpha value is -2.04. The van der Waals surface area contributed by atoms with Gasteiger partial charge in [0.15, 0.2) is 0 Å². The van der Waals surface area contributed by atoms with Crippen molar-refractivity contribution >= 4 is 6.09 Å². The zero-order valence-electron chi connectivity index (χ0n) is 22.1. The minimum atomic E-state index is -4.59. The first kappa shape index (κ1) is 32.0. The lowest BCUT2D eigenvalue weighted by molar-refractivity contribution is -0.139. The highest BCUT2D eigenvalue weighted by atomic mass is 19.4. The van der Waals surface area contributed by atoms with Gasteiger partial charge in [-0.3, -0.25) is 0 Å². The van der Waals surface area contributed by atoms with Gasteiger partial charge in [-0.05, 0) is 57.7 Å². The van der Waals surface area contributed by atoms with Crippen LogP contribution in [-0.4, -0.2) is 56.1 Å². The van der Waals surface area contributed by atoms with Gasteiger partial charge >= 0.3 is 12.3 Å². The molecule has 0 radical (unpaired) electrons. The number of halogens is 3. The molecule has 36 heavy (non-hydrogen) atoms. The molecule has 0 bridgehead atoms. The SMILES string of the molecule is CCCCCCCOc1ccc(CCC(CO)(COCOC)NC(=O)OC(C)(C)C)cc1C(F)(F)F. The van der Waals surface area contributed by atoms with Crippen LogP contribution < -0.4 is 10.1 Å². The third-order valence-corrected chi connectivity index (χ3v) is 5.40. The average molecular weight is 522 g/mol. The van der Waals surface area contributed by atoms with Crippen molar-refractivity contribution in [3.8, 4) is 5.75 Å². The first-order valence-electron chi connectivity index (χ1n) is 12.4. The Balaban J connectivity index is 2.98. The summed E-state index contributed by atoms with van der Waals surface area (Å²) >= 11 is 0. The summed E-state index contributed by atoms with van der Waals surface area (Å²) in [7, 11) is 1.43. The minimum Gasteiger partial charge on any atom is -0.493 e. The second-order valence-corrected chi connectivity index (χ2v) is 9.91. The summed E-state index contributed by atoms with van der Waals surface area (Å²) in [5.41, 5.74) is -2.52. The molecule has 1 aromatic rings. The Morgan fingerprint density at radius 2 is 1.78 bits per heavy atom. The number of alkyl carbamates (subject to hydrolysis) is 1. The van der Waals surface area contributed by atoms with Gasteiger partial charge in [-0.25, -0.2) is 4.79 Å². The summed E-state index contributed by atoms with van der Waals surface area (Å²) in [5.74, 6) is -0.203. The van der Waals surface area contributed by atoms with E-state index >= 15 is 0 Å². The van der Waals surface area contributed by atoms with E-state index in [1.54, 1.807) is 26.8 Å². The molecule has 0 spiro atoms. The second kappa shape index (κ2) is 15.3. The highest BCUT2D eigenvalue weighted by Crippen LogP contribution is 2.37. The monoisotopic (exact) mass is 521 g/mol. The minimum absolute atomic E-state index is 0.0829. The van der Waals surface area contributed by atoms with E-state index in [0.29, 0.717) is 12.0 Å². The van der Waals surface area contributed by atoms with Crippen LogP contribution in [0.2, 0.25) is 0 Å². The predicted octanol–water partition coefficient (Wildman–Crippen LogP) is 5.86. The molecule has 1 rings (SSSR count). The zero-order chi connectivity index (χ0) is 27.2. The number of rotatable bonds is 16. The lowest BCUT2D eigenvalue weighted by atomic mass is 9.92. The van der Waals surface area contributed by atoms with Crippen LogP contribution in [0.25, 0.3) is 0 Å². The molecule has 0 aliphatic heterocycles. The topological polar surface area (TPSA) is 86.3 Å². The molecule has 0 aliphatic rings. The summed E-state index contributed by atoms with van der Waals surface area (Å²) < 4.78 is 62.3. The number of unbranched alkanes of at least 4 members (excludes halogenated alkanes) is 4. The Kier molecular flexibility index (Phi) is 13.6.